The van der Waals surface area contributed by atoms with Crippen LogP contribution in [0.25, 0.3) is 0 Å². The summed E-state index contributed by atoms with van der Waals surface area (Å²) in [6.45, 7) is 0.588. The normalized spacial score (nSPS) is 36.9. The number of hydrogen-bond acceptors (Lipinski definition) is 3. The van der Waals surface area contributed by atoms with Gasteiger partial charge >= 0.3 is 0 Å². The van der Waals surface area contributed by atoms with Gasteiger partial charge in [0.1, 0.15) is 0 Å². The molecule has 2 saturated carbocycles. The Morgan fingerprint density at radius 1 is 0.960 bits per heavy atom. The van der Waals surface area contributed by atoms with Crippen molar-refractivity contribution in [2.24, 2.45) is 35.5 Å². The molecule has 4 nitrogen and oxygen atoms in total. The first-order chi connectivity index (χ1) is 11.8. The molecule has 2 bridgehead atoms. The van der Waals surface area contributed by atoms with Crippen LogP contribution in [0.3, 0.4) is 0 Å². The van der Waals surface area contributed by atoms with Gasteiger partial charge in [0.2, 0.25) is 11.8 Å². The first-order valence-electron chi connectivity index (χ1n) is 9.18. The second-order valence-electron chi connectivity index (χ2n) is 7.80. The van der Waals surface area contributed by atoms with Crippen LogP contribution in [0.4, 0.5) is 0 Å². The number of nitrogens with zero attached hydrogens (tertiary/aromatic N) is 2. The van der Waals surface area contributed by atoms with Crippen molar-refractivity contribution in [2.45, 2.75) is 25.7 Å². The molecule has 25 heavy (non-hydrogen) atoms. The smallest absolute Gasteiger partial charge is 0.233 e. The maximum absolute atomic E-state index is 12.8. The molecule has 1 aromatic heterocycles. The monoisotopic (exact) mass is 358 g/mol. The summed E-state index contributed by atoms with van der Waals surface area (Å²) in [5.41, 5.74) is 1.26. The Bertz CT molecular complexity index is 684. The Morgan fingerprint density at radius 2 is 1.56 bits per heavy atom. The fraction of sp³-hybridized carbons (Fsp3) is 0.550. The van der Waals surface area contributed by atoms with Gasteiger partial charge in [0, 0.05) is 18.9 Å². The Kier molecular flexibility index (Phi) is 4.19. The highest BCUT2D eigenvalue weighted by molar-refractivity contribution is 6.06. The highest BCUT2D eigenvalue weighted by Crippen LogP contribution is 2.65. The van der Waals surface area contributed by atoms with Gasteiger partial charge in [0.25, 0.3) is 0 Å². The minimum Gasteiger partial charge on any atom is -0.282 e. The van der Waals surface area contributed by atoms with Crippen LogP contribution in [-0.2, 0) is 16.0 Å². The molecule has 1 aliphatic heterocycles. The zero-order valence-corrected chi connectivity index (χ0v) is 14.9. The highest BCUT2D eigenvalue weighted by atomic mass is 35.5. The molecule has 0 N–H and O–H groups in total. The standard InChI is InChI=1S/C20H22N2O2.ClH/c23-19-17-13-4-5-14(16-11-15(13)16)18(17)20(24)22(19)10-2-1-3-12-6-8-21-9-7-12;/h4-9,13-18H,1-3,10-11H2;1H. The molecule has 5 heteroatoms. The summed E-state index contributed by atoms with van der Waals surface area (Å²) in [6, 6.07) is 4.05. The van der Waals surface area contributed by atoms with Crippen LogP contribution in [-0.4, -0.2) is 28.2 Å². The summed E-state index contributed by atoms with van der Waals surface area (Å²) < 4.78 is 0. The van der Waals surface area contributed by atoms with Crippen molar-refractivity contribution in [2.75, 3.05) is 6.54 Å². The van der Waals surface area contributed by atoms with Crippen molar-refractivity contribution in [1.82, 2.24) is 9.88 Å². The number of amides is 2. The lowest BCUT2D eigenvalue weighted by molar-refractivity contribution is -0.140. The summed E-state index contributed by atoms with van der Waals surface area (Å²) in [6.07, 6.45) is 12.2. The van der Waals surface area contributed by atoms with E-state index in [0.717, 1.165) is 19.3 Å². The predicted octanol–water partition coefficient (Wildman–Crippen LogP) is 2.88. The number of hydrogen-bond donors (Lipinski definition) is 0. The summed E-state index contributed by atoms with van der Waals surface area (Å²) >= 11 is 0. The van der Waals surface area contributed by atoms with Gasteiger partial charge in [-0.1, -0.05) is 12.2 Å². The van der Waals surface area contributed by atoms with Crippen LogP contribution in [0, 0.1) is 35.5 Å². The molecule has 2 heterocycles. The lowest BCUT2D eigenvalue weighted by Gasteiger charge is -2.37. The Labute approximate surface area is 154 Å². The van der Waals surface area contributed by atoms with Crippen molar-refractivity contribution < 1.29 is 9.59 Å². The van der Waals surface area contributed by atoms with Gasteiger partial charge in [-0.25, -0.2) is 0 Å². The van der Waals surface area contributed by atoms with Gasteiger partial charge in [-0.3, -0.25) is 19.5 Å². The van der Waals surface area contributed by atoms with Gasteiger partial charge in [0.15, 0.2) is 0 Å². The van der Waals surface area contributed by atoms with Crippen molar-refractivity contribution in [3.05, 3.63) is 42.2 Å². The van der Waals surface area contributed by atoms with E-state index in [2.05, 4.69) is 17.1 Å². The number of halogens is 1. The van der Waals surface area contributed by atoms with Crippen LogP contribution >= 0.6 is 12.4 Å². The molecule has 1 saturated heterocycles. The molecule has 0 radical (unpaired) electrons. The number of aryl methyl sites for hydroxylation is 1. The van der Waals surface area contributed by atoms with Crippen LogP contribution in [0.15, 0.2) is 36.7 Å². The van der Waals surface area contributed by atoms with Gasteiger partial charge in [-0.05, 0) is 67.1 Å². The zero-order chi connectivity index (χ0) is 16.3. The average Bonchev–Trinajstić information content (AvgIpc) is 3.39. The predicted molar refractivity (Wildman–Crippen MR) is 95.8 cm³/mol. The van der Waals surface area contributed by atoms with Gasteiger partial charge in [0.05, 0.1) is 11.8 Å². The molecule has 6 unspecified atom stereocenters. The molecular formula is C20H23ClN2O2. The van der Waals surface area contributed by atoms with Crippen LogP contribution in [0.2, 0.25) is 0 Å². The molecule has 4 aliphatic carbocycles. The Morgan fingerprint density at radius 3 is 2.16 bits per heavy atom. The molecule has 132 valence electrons. The lowest BCUT2D eigenvalue weighted by Crippen LogP contribution is -2.40. The maximum Gasteiger partial charge on any atom is 0.233 e. The highest BCUT2D eigenvalue weighted by Gasteiger charge is 2.66. The number of unbranched alkanes of at least 4 members (excludes halogenated alkanes) is 1. The van der Waals surface area contributed by atoms with E-state index >= 15 is 0 Å². The van der Waals surface area contributed by atoms with Crippen LogP contribution in [0.1, 0.15) is 24.8 Å². The second-order valence-corrected chi connectivity index (χ2v) is 7.80. The van der Waals surface area contributed by atoms with E-state index in [-0.39, 0.29) is 36.1 Å². The molecule has 2 amide bonds. The van der Waals surface area contributed by atoms with Crippen molar-refractivity contribution in [3.63, 3.8) is 0 Å². The first-order valence-corrected chi connectivity index (χ1v) is 9.18. The molecular weight excluding hydrogens is 336 g/mol. The van der Waals surface area contributed by atoms with Gasteiger partial charge in [-0.2, -0.15) is 0 Å². The van der Waals surface area contributed by atoms with Gasteiger partial charge in [-0.15, -0.1) is 12.4 Å². The SMILES string of the molecule is Cl.O=C1C2C3C=CC(C4CC34)C2C(=O)N1CCCCc1ccncc1. The van der Waals surface area contributed by atoms with E-state index in [1.165, 1.54) is 12.0 Å². The number of carbonyl (C=O) groups excluding carboxylic acids is 2. The average molecular weight is 359 g/mol. The third kappa shape index (κ3) is 2.53. The number of aromatic nitrogens is 1. The summed E-state index contributed by atoms with van der Waals surface area (Å²) in [5, 5.41) is 0. The van der Waals surface area contributed by atoms with E-state index in [1.54, 1.807) is 4.90 Å². The van der Waals surface area contributed by atoms with E-state index < -0.39 is 0 Å². The Hall–Kier alpha value is -1.68. The number of allylic oxidation sites excluding steroid dienone is 2. The fourth-order valence-corrected chi connectivity index (χ4v) is 5.39. The largest absolute Gasteiger partial charge is 0.282 e. The van der Waals surface area contributed by atoms with Crippen molar-refractivity contribution >= 4 is 24.2 Å². The molecule has 0 aromatic carbocycles. The fourth-order valence-electron chi connectivity index (χ4n) is 5.39. The molecule has 1 aromatic rings. The number of pyridine rings is 1. The second kappa shape index (κ2) is 6.24. The first kappa shape index (κ1) is 16.8. The molecule has 0 spiro atoms. The maximum atomic E-state index is 12.8. The van der Waals surface area contributed by atoms with E-state index in [1.807, 2.05) is 24.5 Å². The summed E-state index contributed by atoms with van der Waals surface area (Å²) in [5.74, 6) is 2.17. The van der Waals surface area contributed by atoms with Crippen LogP contribution in [0.5, 0.6) is 0 Å². The Balaban J connectivity index is 0.00000157. The summed E-state index contributed by atoms with van der Waals surface area (Å²) in [7, 11) is 0. The number of carbonyl (C=O) groups is 2. The topological polar surface area (TPSA) is 50.3 Å². The number of imide groups is 1. The number of likely N-dealkylation sites (tertiary alicyclic amines) is 1. The number of rotatable bonds is 5. The van der Waals surface area contributed by atoms with Gasteiger partial charge < -0.3 is 0 Å². The van der Waals surface area contributed by atoms with Crippen molar-refractivity contribution in [1.29, 1.82) is 0 Å². The van der Waals surface area contributed by atoms with E-state index in [9.17, 15) is 9.59 Å². The molecule has 3 fully saturated rings. The van der Waals surface area contributed by atoms with E-state index in [4.69, 9.17) is 0 Å². The molecule has 5 aliphatic rings. The minimum atomic E-state index is -0.0450. The van der Waals surface area contributed by atoms with Crippen LogP contribution < -0.4 is 0 Å². The van der Waals surface area contributed by atoms with E-state index in [0.29, 0.717) is 30.2 Å². The third-order valence-electron chi connectivity index (χ3n) is 6.60. The third-order valence-corrected chi connectivity index (χ3v) is 6.60. The van der Waals surface area contributed by atoms with Crippen molar-refractivity contribution in [3.8, 4) is 0 Å². The quantitative estimate of drug-likeness (QED) is 0.462. The minimum absolute atomic E-state index is 0. The summed E-state index contributed by atoms with van der Waals surface area (Å²) in [4.78, 5) is 31.3. The molecule has 6 rings (SSSR count). The zero-order valence-electron chi connectivity index (χ0n) is 14.1. The lowest BCUT2D eigenvalue weighted by atomic mass is 9.63. The molecule has 6 atom stereocenters.